The predicted molar refractivity (Wildman–Crippen MR) is 82.6 cm³/mol. The molecule has 1 atom stereocenters. The van der Waals surface area contributed by atoms with E-state index in [0.29, 0.717) is 5.56 Å². The lowest BCUT2D eigenvalue weighted by Gasteiger charge is -2.15. The number of aromatic hydroxyl groups is 1. The van der Waals surface area contributed by atoms with Crippen LogP contribution >= 0.6 is 15.9 Å². The Bertz CT molecular complexity index is 766. The molecule has 21 heavy (non-hydrogen) atoms. The van der Waals surface area contributed by atoms with Crippen molar-refractivity contribution in [3.8, 4) is 17.0 Å². The molecule has 0 amide bonds. The van der Waals surface area contributed by atoms with Crippen LogP contribution in [0.3, 0.4) is 0 Å². The van der Waals surface area contributed by atoms with E-state index in [1.54, 1.807) is 31.2 Å². The van der Waals surface area contributed by atoms with E-state index in [9.17, 15) is 14.7 Å². The maximum atomic E-state index is 12.0. The molecule has 0 aliphatic heterocycles. The minimum absolute atomic E-state index is 0.0548. The first-order chi connectivity index (χ1) is 9.93. The normalized spacial score (nSPS) is 12.3. The maximum Gasteiger partial charge on any atom is 0.331 e. The van der Waals surface area contributed by atoms with Gasteiger partial charge < -0.3 is 9.84 Å². The Kier molecular flexibility index (Phi) is 4.64. The number of benzene rings is 1. The van der Waals surface area contributed by atoms with Gasteiger partial charge in [0.2, 0.25) is 5.88 Å². The highest BCUT2D eigenvalue weighted by molar-refractivity contribution is 9.10. The second-order valence-electron chi connectivity index (χ2n) is 4.63. The molecule has 2 aromatic rings. The van der Waals surface area contributed by atoms with Gasteiger partial charge in [0.15, 0.2) is 0 Å². The van der Waals surface area contributed by atoms with Crippen LogP contribution in [0.25, 0.3) is 11.1 Å². The minimum atomic E-state index is -0.667. The topological polar surface area (TPSA) is 84.3 Å². The Morgan fingerprint density at radius 2 is 2.14 bits per heavy atom. The Morgan fingerprint density at radius 1 is 1.43 bits per heavy atom. The molecule has 0 spiro atoms. The van der Waals surface area contributed by atoms with Crippen molar-refractivity contribution in [3.05, 3.63) is 49.6 Å². The van der Waals surface area contributed by atoms with Crippen molar-refractivity contribution in [3.63, 3.8) is 0 Å². The molecule has 6 nitrogen and oxygen atoms in total. The van der Waals surface area contributed by atoms with Gasteiger partial charge in [-0.2, -0.15) is 0 Å². The van der Waals surface area contributed by atoms with E-state index in [4.69, 9.17) is 4.74 Å². The van der Waals surface area contributed by atoms with Crippen LogP contribution in [0.2, 0.25) is 0 Å². The fourth-order valence-corrected chi connectivity index (χ4v) is 2.36. The highest BCUT2D eigenvalue weighted by Gasteiger charge is 2.17. The van der Waals surface area contributed by atoms with Gasteiger partial charge in [0.1, 0.15) is 5.56 Å². The van der Waals surface area contributed by atoms with Crippen molar-refractivity contribution in [1.29, 1.82) is 0 Å². The van der Waals surface area contributed by atoms with Gasteiger partial charge in [-0.3, -0.25) is 14.3 Å². The standard InChI is InChI=1S/C14H15BrN2O4/c1-8(21-2)7-17-13(19)11(12(18)16-14(17)20)9-4-3-5-10(15)6-9/h3-6,8,19H,7H2,1-2H3,(H,16,18,20). The molecular weight excluding hydrogens is 340 g/mol. The van der Waals surface area contributed by atoms with E-state index in [2.05, 4.69) is 20.9 Å². The number of aromatic amines is 1. The van der Waals surface area contributed by atoms with Crippen molar-refractivity contribution < 1.29 is 9.84 Å². The lowest BCUT2D eigenvalue weighted by molar-refractivity contribution is 0.0992. The zero-order valence-corrected chi connectivity index (χ0v) is 13.2. The fourth-order valence-electron chi connectivity index (χ4n) is 1.96. The van der Waals surface area contributed by atoms with Gasteiger partial charge in [-0.1, -0.05) is 28.1 Å². The monoisotopic (exact) mass is 354 g/mol. The Morgan fingerprint density at radius 3 is 2.76 bits per heavy atom. The molecule has 7 heteroatoms. The molecule has 2 N–H and O–H groups in total. The average molecular weight is 355 g/mol. The lowest BCUT2D eigenvalue weighted by Crippen LogP contribution is -2.33. The van der Waals surface area contributed by atoms with E-state index >= 15 is 0 Å². The van der Waals surface area contributed by atoms with Gasteiger partial charge in [0.05, 0.1) is 12.6 Å². The zero-order chi connectivity index (χ0) is 15.6. The van der Waals surface area contributed by atoms with Crippen molar-refractivity contribution in [2.24, 2.45) is 0 Å². The molecule has 0 aliphatic carbocycles. The van der Waals surface area contributed by atoms with E-state index in [1.165, 1.54) is 7.11 Å². The SMILES string of the molecule is COC(C)Cn1c(O)c(-c2cccc(Br)c2)c(=O)[nH]c1=O. The average Bonchev–Trinajstić information content (AvgIpc) is 2.43. The van der Waals surface area contributed by atoms with Gasteiger partial charge in [0, 0.05) is 11.6 Å². The highest BCUT2D eigenvalue weighted by atomic mass is 79.9. The van der Waals surface area contributed by atoms with E-state index in [1.807, 2.05) is 0 Å². The summed E-state index contributed by atoms with van der Waals surface area (Å²) in [5.74, 6) is -0.370. The summed E-state index contributed by atoms with van der Waals surface area (Å²) in [7, 11) is 1.51. The molecule has 0 bridgehead atoms. The summed E-state index contributed by atoms with van der Waals surface area (Å²) in [6, 6.07) is 6.92. The first-order valence-electron chi connectivity index (χ1n) is 6.29. The van der Waals surface area contributed by atoms with Crippen LogP contribution < -0.4 is 11.2 Å². The van der Waals surface area contributed by atoms with Crippen LogP contribution in [-0.4, -0.2) is 27.9 Å². The number of H-pyrrole nitrogens is 1. The molecule has 0 aliphatic rings. The van der Waals surface area contributed by atoms with E-state index in [0.717, 1.165) is 9.04 Å². The molecule has 1 heterocycles. The third-order valence-corrected chi connectivity index (χ3v) is 3.62. The van der Waals surface area contributed by atoms with Crippen LogP contribution in [0.15, 0.2) is 38.3 Å². The quantitative estimate of drug-likeness (QED) is 0.875. The fraction of sp³-hybridized carbons (Fsp3) is 0.286. The van der Waals surface area contributed by atoms with Crippen LogP contribution in [0.5, 0.6) is 5.88 Å². The highest BCUT2D eigenvalue weighted by Crippen LogP contribution is 2.26. The number of nitrogens with zero attached hydrogens (tertiary/aromatic N) is 1. The van der Waals surface area contributed by atoms with Gasteiger partial charge >= 0.3 is 5.69 Å². The number of hydrogen-bond donors (Lipinski definition) is 2. The smallest absolute Gasteiger partial charge is 0.331 e. The Hall–Kier alpha value is -1.86. The number of rotatable bonds is 4. The van der Waals surface area contributed by atoms with Gasteiger partial charge in [-0.25, -0.2) is 4.79 Å². The van der Waals surface area contributed by atoms with Crippen molar-refractivity contribution >= 4 is 15.9 Å². The van der Waals surface area contributed by atoms with Crippen LogP contribution in [0, 0.1) is 0 Å². The van der Waals surface area contributed by atoms with Crippen molar-refractivity contribution in [2.45, 2.75) is 19.6 Å². The minimum Gasteiger partial charge on any atom is -0.494 e. The largest absolute Gasteiger partial charge is 0.494 e. The molecule has 0 saturated carbocycles. The molecule has 1 unspecified atom stereocenters. The van der Waals surface area contributed by atoms with Gasteiger partial charge in [-0.15, -0.1) is 0 Å². The number of halogens is 1. The summed E-state index contributed by atoms with van der Waals surface area (Å²) >= 11 is 3.31. The van der Waals surface area contributed by atoms with Crippen molar-refractivity contribution in [2.75, 3.05) is 7.11 Å². The lowest BCUT2D eigenvalue weighted by atomic mass is 10.1. The van der Waals surface area contributed by atoms with Crippen LogP contribution in [-0.2, 0) is 11.3 Å². The number of ether oxygens (including phenoxy) is 1. The summed E-state index contributed by atoms with van der Waals surface area (Å²) in [5, 5.41) is 10.3. The second kappa shape index (κ2) is 6.28. The molecule has 0 radical (unpaired) electrons. The predicted octanol–water partition coefficient (Wildman–Crippen LogP) is 1.71. The zero-order valence-electron chi connectivity index (χ0n) is 11.6. The number of hydrogen-bond acceptors (Lipinski definition) is 4. The molecule has 0 fully saturated rings. The summed E-state index contributed by atoms with van der Waals surface area (Å²) in [6.07, 6.45) is -0.283. The van der Waals surface area contributed by atoms with Crippen molar-refractivity contribution in [1.82, 2.24) is 9.55 Å². The first-order valence-corrected chi connectivity index (χ1v) is 7.08. The number of aromatic nitrogens is 2. The summed E-state index contributed by atoms with van der Waals surface area (Å²) in [5.41, 5.74) is -0.724. The van der Waals surface area contributed by atoms with Crippen LogP contribution in [0.4, 0.5) is 0 Å². The van der Waals surface area contributed by atoms with Crippen LogP contribution in [0.1, 0.15) is 6.92 Å². The molecular formula is C14H15BrN2O4. The third-order valence-electron chi connectivity index (χ3n) is 3.13. The third kappa shape index (κ3) is 3.25. The summed E-state index contributed by atoms with van der Waals surface area (Å²) < 4.78 is 6.94. The Balaban J connectivity index is 2.65. The Labute approximate surface area is 129 Å². The molecule has 1 aromatic carbocycles. The molecule has 2 rings (SSSR count). The molecule has 112 valence electrons. The van der Waals surface area contributed by atoms with E-state index in [-0.39, 0.29) is 24.1 Å². The van der Waals surface area contributed by atoms with E-state index < -0.39 is 11.2 Å². The van der Waals surface area contributed by atoms with Gasteiger partial charge in [0.25, 0.3) is 5.56 Å². The summed E-state index contributed by atoms with van der Waals surface area (Å²) in [4.78, 5) is 26.1. The summed E-state index contributed by atoms with van der Waals surface area (Å²) in [6.45, 7) is 1.90. The maximum absolute atomic E-state index is 12.0. The first kappa shape index (κ1) is 15.5. The molecule has 1 aromatic heterocycles. The molecule has 0 saturated heterocycles. The van der Waals surface area contributed by atoms with Gasteiger partial charge in [-0.05, 0) is 24.6 Å². The number of nitrogens with one attached hydrogen (secondary N) is 1. The number of methoxy groups -OCH3 is 1. The second-order valence-corrected chi connectivity index (χ2v) is 5.54.